The van der Waals surface area contributed by atoms with E-state index in [-0.39, 0.29) is 16.6 Å². The molecule has 0 radical (unpaired) electrons. The fourth-order valence-electron chi connectivity index (χ4n) is 3.38. The van der Waals surface area contributed by atoms with Gasteiger partial charge < -0.3 is 9.73 Å². The molecule has 1 atom stereocenters. The summed E-state index contributed by atoms with van der Waals surface area (Å²) in [5.74, 6) is 1.64. The molecule has 0 aliphatic carbocycles. The highest BCUT2D eigenvalue weighted by atomic mass is 32.2. The standard InChI is InChI=1S/C18H23N3O5S/c1-13-5-8-17(26-13)16(20-9-3-4-10-20)12-19-15-7-6-14(21(22)23)11-18(15)27(2,24)25/h5-8,11,16,19H,3-4,9-10,12H2,1-2H3. The third-order valence-corrected chi connectivity index (χ3v) is 5.87. The number of nitro groups is 1. The first-order valence-electron chi connectivity index (χ1n) is 8.78. The highest BCUT2D eigenvalue weighted by molar-refractivity contribution is 7.90. The fourth-order valence-corrected chi connectivity index (χ4v) is 4.25. The first-order valence-corrected chi connectivity index (χ1v) is 10.7. The lowest BCUT2D eigenvalue weighted by Gasteiger charge is -2.26. The van der Waals surface area contributed by atoms with E-state index in [1.54, 1.807) is 0 Å². The molecule has 9 heteroatoms. The van der Waals surface area contributed by atoms with Crippen LogP contribution in [-0.4, -0.2) is 44.1 Å². The molecule has 1 unspecified atom stereocenters. The Kier molecular flexibility index (Phi) is 5.52. The van der Waals surface area contributed by atoms with Crippen LogP contribution in [0.25, 0.3) is 0 Å². The van der Waals surface area contributed by atoms with Gasteiger partial charge in [0.25, 0.3) is 5.69 Å². The monoisotopic (exact) mass is 393 g/mol. The van der Waals surface area contributed by atoms with Gasteiger partial charge in [0.15, 0.2) is 9.84 Å². The number of non-ortho nitro benzene ring substituents is 1. The number of anilines is 1. The second-order valence-electron chi connectivity index (χ2n) is 6.80. The highest BCUT2D eigenvalue weighted by Gasteiger charge is 2.27. The number of furan rings is 1. The third-order valence-electron chi connectivity index (χ3n) is 4.73. The van der Waals surface area contributed by atoms with Gasteiger partial charge in [-0.2, -0.15) is 0 Å². The van der Waals surface area contributed by atoms with Gasteiger partial charge in [-0.3, -0.25) is 15.0 Å². The van der Waals surface area contributed by atoms with Crippen LogP contribution >= 0.6 is 0 Å². The summed E-state index contributed by atoms with van der Waals surface area (Å²) in [5.41, 5.74) is 0.106. The summed E-state index contributed by atoms with van der Waals surface area (Å²) in [5, 5.41) is 14.2. The minimum atomic E-state index is -3.62. The number of hydrogen-bond acceptors (Lipinski definition) is 7. The lowest BCUT2D eigenvalue weighted by Crippen LogP contribution is -2.31. The van der Waals surface area contributed by atoms with Crippen LogP contribution in [0.15, 0.2) is 39.6 Å². The van der Waals surface area contributed by atoms with E-state index in [4.69, 9.17) is 4.42 Å². The SMILES string of the molecule is Cc1ccc(C(CNc2ccc([N+](=O)[O-])cc2S(C)(=O)=O)N2CCCC2)o1. The molecular formula is C18H23N3O5S. The van der Waals surface area contributed by atoms with Crippen molar-refractivity contribution in [1.82, 2.24) is 4.90 Å². The number of hydrogen-bond donors (Lipinski definition) is 1. The van der Waals surface area contributed by atoms with Crippen molar-refractivity contribution >= 4 is 21.2 Å². The molecule has 3 rings (SSSR count). The Balaban J connectivity index is 1.87. The van der Waals surface area contributed by atoms with Gasteiger partial charge in [-0.05, 0) is 51.1 Å². The Morgan fingerprint density at radius 1 is 1.26 bits per heavy atom. The second-order valence-corrected chi connectivity index (χ2v) is 8.78. The first-order chi connectivity index (χ1) is 12.8. The van der Waals surface area contributed by atoms with Crippen LogP contribution in [0.2, 0.25) is 0 Å². The van der Waals surface area contributed by atoms with E-state index in [0.717, 1.165) is 49.8 Å². The smallest absolute Gasteiger partial charge is 0.270 e. The van der Waals surface area contributed by atoms with Crippen molar-refractivity contribution in [3.05, 3.63) is 52.0 Å². The number of nitrogens with one attached hydrogen (secondary N) is 1. The van der Waals surface area contributed by atoms with E-state index < -0.39 is 14.8 Å². The van der Waals surface area contributed by atoms with Gasteiger partial charge in [-0.25, -0.2) is 8.42 Å². The van der Waals surface area contributed by atoms with E-state index in [0.29, 0.717) is 12.2 Å². The first kappa shape index (κ1) is 19.4. The maximum absolute atomic E-state index is 12.1. The van der Waals surface area contributed by atoms with Crippen LogP contribution < -0.4 is 5.32 Å². The Labute approximate surface area is 158 Å². The van der Waals surface area contributed by atoms with Gasteiger partial charge in [-0.1, -0.05) is 0 Å². The number of nitro benzene ring substituents is 1. The molecule has 0 bridgehead atoms. The number of benzene rings is 1. The lowest BCUT2D eigenvalue weighted by molar-refractivity contribution is -0.385. The van der Waals surface area contributed by atoms with Gasteiger partial charge in [0, 0.05) is 24.9 Å². The molecule has 2 heterocycles. The molecule has 0 spiro atoms. The van der Waals surface area contributed by atoms with Gasteiger partial charge in [0.05, 0.1) is 21.5 Å². The predicted octanol–water partition coefficient (Wildman–Crippen LogP) is 3.15. The molecule has 8 nitrogen and oxygen atoms in total. The zero-order valence-electron chi connectivity index (χ0n) is 15.3. The van der Waals surface area contributed by atoms with Crippen LogP contribution in [0.4, 0.5) is 11.4 Å². The fraction of sp³-hybridized carbons (Fsp3) is 0.444. The van der Waals surface area contributed by atoms with E-state index in [2.05, 4.69) is 10.2 Å². The van der Waals surface area contributed by atoms with Crippen molar-refractivity contribution < 1.29 is 17.8 Å². The van der Waals surface area contributed by atoms with Crippen molar-refractivity contribution in [2.45, 2.75) is 30.7 Å². The Bertz CT molecular complexity index is 932. The van der Waals surface area contributed by atoms with Gasteiger partial charge in [-0.15, -0.1) is 0 Å². The average molecular weight is 393 g/mol. The molecule has 27 heavy (non-hydrogen) atoms. The summed E-state index contributed by atoms with van der Waals surface area (Å²) in [6, 6.07) is 7.66. The average Bonchev–Trinajstić information content (AvgIpc) is 3.26. The van der Waals surface area contributed by atoms with Crippen molar-refractivity contribution in [3.63, 3.8) is 0 Å². The Morgan fingerprint density at radius 3 is 2.52 bits per heavy atom. The summed E-state index contributed by atoms with van der Waals surface area (Å²) < 4.78 is 30.0. The molecule has 1 N–H and O–H groups in total. The lowest BCUT2D eigenvalue weighted by atomic mass is 10.2. The van der Waals surface area contributed by atoms with Crippen molar-refractivity contribution in [2.75, 3.05) is 31.2 Å². The summed E-state index contributed by atoms with van der Waals surface area (Å²) in [6.07, 6.45) is 3.27. The van der Waals surface area contributed by atoms with Crippen LogP contribution in [0, 0.1) is 17.0 Å². The summed E-state index contributed by atoms with van der Waals surface area (Å²) in [4.78, 5) is 12.6. The predicted molar refractivity (Wildman–Crippen MR) is 102 cm³/mol. The van der Waals surface area contributed by atoms with E-state index in [1.165, 1.54) is 12.1 Å². The zero-order valence-corrected chi connectivity index (χ0v) is 16.2. The number of rotatable bonds is 7. The summed E-state index contributed by atoms with van der Waals surface area (Å²) >= 11 is 0. The number of likely N-dealkylation sites (tertiary alicyclic amines) is 1. The highest BCUT2D eigenvalue weighted by Crippen LogP contribution is 2.30. The molecule has 0 amide bonds. The molecule has 1 fully saturated rings. The second kappa shape index (κ2) is 7.69. The molecule has 1 aliphatic heterocycles. The van der Waals surface area contributed by atoms with E-state index in [1.807, 2.05) is 19.1 Å². The van der Waals surface area contributed by atoms with Crippen molar-refractivity contribution in [2.24, 2.45) is 0 Å². The molecule has 1 aliphatic rings. The molecule has 1 saturated heterocycles. The quantitative estimate of drug-likeness (QED) is 0.569. The van der Waals surface area contributed by atoms with Crippen molar-refractivity contribution in [3.8, 4) is 0 Å². The molecular weight excluding hydrogens is 370 g/mol. The maximum Gasteiger partial charge on any atom is 0.270 e. The van der Waals surface area contributed by atoms with E-state index in [9.17, 15) is 18.5 Å². The summed E-state index contributed by atoms with van der Waals surface area (Å²) in [6.45, 7) is 4.22. The van der Waals surface area contributed by atoms with Crippen LogP contribution in [0.3, 0.4) is 0 Å². The van der Waals surface area contributed by atoms with Crippen LogP contribution in [-0.2, 0) is 9.84 Å². The zero-order chi connectivity index (χ0) is 19.6. The minimum absolute atomic E-state index is 0.0381. The number of nitrogens with zero attached hydrogens (tertiary/aromatic N) is 2. The maximum atomic E-state index is 12.1. The van der Waals surface area contributed by atoms with Gasteiger partial charge >= 0.3 is 0 Å². The number of aryl methyl sites for hydroxylation is 1. The largest absolute Gasteiger partial charge is 0.465 e. The minimum Gasteiger partial charge on any atom is -0.465 e. The Morgan fingerprint density at radius 2 is 1.96 bits per heavy atom. The number of sulfone groups is 1. The summed E-state index contributed by atoms with van der Waals surface area (Å²) in [7, 11) is -3.62. The van der Waals surface area contributed by atoms with Gasteiger partial charge in [0.1, 0.15) is 11.5 Å². The Hall–Kier alpha value is -2.39. The molecule has 1 aromatic carbocycles. The molecule has 2 aromatic rings. The molecule has 146 valence electrons. The normalized spacial score (nSPS) is 16.4. The van der Waals surface area contributed by atoms with Crippen LogP contribution in [0.5, 0.6) is 0 Å². The molecule has 0 saturated carbocycles. The third kappa shape index (κ3) is 4.48. The topological polar surface area (TPSA) is 106 Å². The molecule has 1 aromatic heterocycles. The van der Waals surface area contributed by atoms with Crippen molar-refractivity contribution in [1.29, 1.82) is 0 Å². The van der Waals surface area contributed by atoms with Crippen LogP contribution in [0.1, 0.15) is 30.4 Å². The van der Waals surface area contributed by atoms with E-state index >= 15 is 0 Å². The van der Waals surface area contributed by atoms with Gasteiger partial charge in [0.2, 0.25) is 0 Å².